The van der Waals surface area contributed by atoms with Gasteiger partial charge >= 0.3 is 0 Å². The second-order valence-corrected chi connectivity index (χ2v) is 6.65. The minimum Gasteiger partial charge on any atom is -0.305 e. The lowest BCUT2D eigenvalue weighted by Gasteiger charge is -2.11. The smallest absolute Gasteiger partial charge is 0.269 e. The molecule has 1 heterocycles. The van der Waals surface area contributed by atoms with Crippen LogP contribution in [0.25, 0.3) is 11.4 Å². The average molecular weight is 340 g/mol. The van der Waals surface area contributed by atoms with Gasteiger partial charge in [-0.25, -0.2) is 0 Å². The minimum absolute atomic E-state index is 0.0245. The molecule has 0 radical (unpaired) electrons. The lowest BCUT2D eigenvalue weighted by molar-refractivity contribution is -0.384. The zero-order valence-electron chi connectivity index (χ0n) is 13.3. The number of benzene rings is 2. The zero-order valence-corrected chi connectivity index (χ0v) is 14.1. The van der Waals surface area contributed by atoms with Gasteiger partial charge in [0.1, 0.15) is 0 Å². The van der Waals surface area contributed by atoms with Gasteiger partial charge in [0.2, 0.25) is 0 Å². The fourth-order valence-corrected chi connectivity index (χ4v) is 3.30. The lowest BCUT2D eigenvalue weighted by Crippen LogP contribution is -1.97. The van der Waals surface area contributed by atoms with Crippen LogP contribution in [-0.2, 0) is 7.05 Å². The van der Waals surface area contributed by atoms with Crippen LogP contribution in [0.15, 0.2) is 59.8 Å². The minimum atomic E-state index is -0.378. The zero-order chi connectivity index (χ0) is 17.1. The molecule has 0 amide bonds. The van der Waals surface area contributed by atoms with Crippen molar-refractivity contribution in [3.8, 4) is 11.4 Å². The van der Waals surface area contributed by atoms with Crippen molar-refractivity contribution in [2.24, 2.45) is 7.05 Å². The first kappa shape index (κ1) is 16.2. The molecule has 3 aromatic rings. The molecule has 0 N–H and O–H groups in total. The van der Waals surface area contributed by atoms with Crippen LogP contribution in [0.3, 0.4) is 0 Å². The van der Waals surface area contributed by atoms with Gasteiger partial charge in [-0.1, -0.05) is 54.2 Å². The molecule has 1 atom stereocenters. The highest BCUT2D eigenvalue weighted by Crippen LogP contribution is 2.35. The molecule has 3 rings (SSSR count). The monoisotopic (exact) mass is 340 g/mol. The Morgan fingerprint density at radius 2 is 1.88 bits per heavy atom. The largest absolute Gasteiger partial charge is 0.305 e. The maximum Gasteiger partial charge on any atom is 0.269 e. The van der Waals surface area contributed by atoms with Crippen LogP contribution in [0.5, 0.6) is 0 Å². The summed E-state index contributed by atoms with van der Waals surface area (Å²) in [7, 11) is 1.92. The van der Waals surface area contributed by atoms with E-state index in [0.717, 1.165) is 22.1 Å². The van der Waals surface area contributed by atoms with Gasteiger partial charge in [0.25, 0.3) is 5.69 Å². The fraction of sp³-hybridized carbons (Fsp3) is 0.176. The van der Waals surface area contributed by atoms with E-state index < -0.39 is 0 Å². The molecule has 6 nitrogen and oxygen atoms in total. The third-order valence-corrected chi connectivity index (χ3v) is 4.89. The Bertz CT molecular complexity index is 864. The average Bonchev–Trinajstić information content (AvgIpc) is 2.96. The summed E-state index contributed by atoms with van der Waals surface area (Å²) in [5.41, 5.74) is 1.99. The fourth-order valence-electron chi connectivity index (χ4n) is 2.37. The third-order valence-electron chi connectivity index (χ3n) is 3.70. The maximum absolute atomic E-state index is 10.9. The van der Waals surface area contributed by atoms with Crippen molar-refractivity contribution in [2.75, 3.05) is 0 Å². The molecule has 0 aliphatic rings. The summed E-state index contributed by atoms with van der Waals surface area (Å²) >= 11 is 1.53. The predicted molar refractivity (Wildman–Crippen MR) is 93.8 cm³/mol. The number of hydrogen-bond acceptors (Lipinski definition) is 5. The Kier molecular flexibility index (Phi) is 4.61. The quantitative estimate of drug-likeness (QED) is 0.394. The molecule has 24 heavy (non-hydrogen) atoms. The van der Waals surface area contributed by atoms with Crippen molar-refractivity contribution in [3.63, 3.8) is 0 Å². The van der Waals surface area contributed by atoms with Crippen molar-refractivity contribution in [3.05, 3.63) is 70.3 Å². The summed E-state index contributed by atoms with van der Waals surface area (Å²) < 4.78 is 1.94. The molecule has 0 bridgehead atoms. The van der Waals surface area contributed by atoms with Crippen molar-refractivity contribution in [1.29, 1.82) is 0 Å². The first-order valence-electron chi connectivity index (χ1n) is 7.42. The summed E-state index contributed by atoms with van der Waals surface area (Å²) in [6.45, 7) is 2.00. The van der Waals surface area contributed by atoms with Gasteiger partial charge in [-0.2, -0.15) is 0 Å². The molecular weight excluding hydrogens is 324 g/mol. The van der Waals surface area contributed by atoms with Gasteiger partial charge in [0.05, 0.1) is 4.92 Å². The summed E-state index contributed by atoms with van der Waals surface area (Å²) in [6, 6.07) is 16.6. The highest BCUT2D eigenvalue weighted by Gasteiger charge is 2.17. The Hall–Kier alpha value is -2.67. The molecule has 1 aromatic heterocycles. The third kappa shape index (κ3) is 3.30. The molecule has 7 heteroatoms. The normalized spacial score (nSPS) is 12.1. The molecule has 2 aromatic carbocycles. The Labute approximate surface area is 143 Å². The van der Waals surface area contributed by atoms with Crippen LogP contribution < -0.4 is 0 Å². The highest BCUT2D eigenvalue weighted by atomic mass is 32.2. The second kappa shape index (κ2) is 6.84. The first-order valence-corrected chi connectivity index (χ1v) is 8.30. The van der Waals surface area contributed by atoms with Crippen molar-refractivity contribution >= 4 is 17.4 Å². The van der Waals surface area contributed by atoms with Gasteiger partial charge in [-0.3, -0.25) is 10.1 Å². The Balaban J connectivity index is 1.83. The molecule has 0 spiro atoms. The van der Waals surface area contributed by atoms with Gasteiger partial charge in [0.15, 0.2) is 11.0 Å². The molecule has 122 valence electrons. The SMILES string of the molecule is C[C@@H](Sc1nnc(-c2ccccc2)n1C)c1cccc([N+](=O)[O-])c1. The molecule has 0 saturated heterocycles. The van der Waals surface area contributed by atoms with Gasteiger partial charge in [-0.15, -0.1) is 10.2 Å². The summed E-state index contributed by atoms with van der Waals surface area (Å²) in [4.78, 5) is 10.5. The van der Waals surface area contributed by atoms with E-state index in [4.69, 9.17) is 0 Å². The van der Waals surface area contributed by atoms with Crippen LogP contribution in [0, 0.1) is 10.1 Å². The van der Waals surface area contributed by atoms with Crippen LogP contribution >= 0.6 is 11.8 Å². The van der Waals surface area contributed by atoms with Crippen molar-refractivity contribution < 1.29 is 4.92 Å². The van der Waals surface area contributed by atoms with Crippen LogP contribution in [0.2, 0.25) is 0 Å². The second-order valence-electron chi connectivity index (χ2n) is 5.34. The van der Waals surface area contributed by atoms with E-state index in [-0.39, 0.29) is 15.9 Å². The lowest BCUT2D eigenvalue weighted by atomic mass is 10.1. The van der Waals surface area contributed by atoms with E-state index in [1.54, 1.807) is 12.1 Å². The van der Waals surface area contributed by atoms with Crippen LogP contribution in [0.1, 0.15) is 17.7 Å². The highest BCUT2D eigenvalue weighted by molar-refractivity contribution is 7.99. The number of nitrogens with zero attached hydrogens (tertiary/aromatic N) is 4. The first-order chi connectivity index (χ1) is 11.6. The standard InChI is InChI=1S/C17H16N4O2S/c1-12(14-9-6-10-15(11-14)21(22)23)24-17-19-18-16(20(17)2)13-7-4-3-5-8-13/h3-12H,1-2H3/t12-/m1/s1. The summed E-state index contributed by atoms with van der Waals surface area (Å²) in [5, 5.41) is 20.2. The van der Waals surface area contributed by atoms with Gasteiger partial charge in [-0.05, 0) is 12.5 Å². The van der Waals surface area contributed by atoms with E-state index in [0.29, 0.717) is 0 Å². The number of thioether (sulfide) groups is 1. The predicted octanol–water partition coefficient (Wildman–Crippen LogP) is 4.24. The van der Waals surface area contributed by atoms with Crippen LogP contribution in [-0.4, -0.2) is 19.7 Å². The molecular formula is C17H16N4O2S. The molecule has 0 saturated carbocycles. The number of aromatic nitrogens is 3. The van der Waals surface area contributed by atoms with Crippen molar-refractivity contribution in [1.82, 2.24) is 14.8 Å². The van der Waals surface area contributed by atoms with E-state index in [1.165, 1.54) is 17.8 Å². The van der Waals surface area contributed by atoms with E-state index in [9.17, 15) is 10.1 Å². The number of nitro benzene ring substituents is 1. The van der Waals surface area contributed by atoms with Gasteiger partial charge < -0.3 is 4.57 Å². The Morgan fingerprint density at radius 3 is 2.58 bits per heavy atom. The van der Waals surface area contributed by atoms with Crippen LogP contribution in [0.4, 0.5) is 5.69 Å². The molecule has 0 aliphatic carbocycles. The maximum atomic E-state index is 10.9. The molecule has 0 unspecified atom stereocenters. The Morgan fingerprint density at radius 1 is 1.12 bits per heavy atom. The number of rotatable bonds is 5. The topological polar surface area (TPSA) is 73.8 Å². The number of nitro groups is 1. The van der Waals surface area contributed by atoms with E-state index in [1.807, 2.05) is 54.9 Å². The van der Waals surface area contributed by atoms with E-state index in [2.05, 4.69) is 10.2 Å². The van der Waals surface area contributed by atoms with E-state index >= 15 is 0 Å². The molecule has 0 fully saturated rings. The van der Waals surface area contributed by atoms with Gasteiger partial charge in [0, 0.05) is 30.0 Å². The number of hydrogen-bond donors (Lipinski definition) is 0. The summed E-state index contributed by atoms with van der Waals surface area (Å²) in [6.07, 6.45) is 0. The molecule has 0 aliphatic heterocycles. The summed E-state index contributed by atoms with van der Waals surface area (Å²) in [5.74, 6) is 0.796. The number of non-ortho nitro benzene ring substituents is 1. The van der Waals surface area contributed by atoms with Crippen molar-refractivity contribution in [2.45, 2.75) is 17.3 Å².